The quantitative estimate of drug-likeness (QED) is 0.582. The number of hydrogen-bond donors (Lipinski definition) is 2. The van der Waals surface area contributed by atoms with E-state index in [1.54, 1.807) is 0 Å². The zero-order chi connectivity index (χ0) is 9.72. The molecule has 0 fully saturated rings. The van der Waals surface area contributed by atoms with Crippen LogP contribution in [0, 0.1) is 5.92 Å². The zero-order valence-electron chi connectivity index (χ0n) is 8.08. The highest BCUT2D eigenvalue weighted by Gasteiger charge is 2.11. The number of likely N-dealkylation sites (N-methyl/N-ethyl adjacent to an activating group) is 1. The number of hydrogen-bond acceptors (Lipinski definition) is 3. The van der Waals surface area contributed by atoms with Crippen molar-refractivity contribution in [1.82, 2.24) is 4.90 Å². The van der Waals surface area contributed by atoms with Crippen LogP contribution in [0.1, 0.15) is 13.8 Å². The fourth-order valence-corrected chi connectivity index (χ4v) is 1.12. The zero-order valence-corrected chi connectivity index (χ0v) is 8.08. The fourth-order valence-electron chi connectivity index (χ4n) is 1.12. The average Bonchev–Trinajstić information content (AvgIpc) is 1.84. The summed E-state index contributed by atoms with van der Waals surface area (Å²) >= 11 is 0. The number of nitrogens with two attached hydrogens (primary N) is 2. The van der Waals surface area contributed by atoms with Gasteiger partial charge in [0.1, 0.15) is 0 Å². The molecule has 0 spiro atoms. The summed E-state index contributed by atoms with van der Waals surface area (Å²) in [4.78, 5) is 12.7. The minimum atomic E-state index is -0.258. The van der Waals surface area contributed by atoms with Gasteiger partial charge in [-0.2, -0.15) is 0 Å². The van der Waals surface area contributed by atoms with Crippen molar-refractivity contribution >= 4 is 5.91 Å². The molecule has 0 aliphatic heterocycles. The molecule has 2 unspecified atom stereocenters. The molecule has 72 valence electrons. The maximum absolute atomic E-state index is 10.7. The number of nitrogens with zero attached hydrogens (tertiary/aromatic N) is 1. The van der Waals surface area contributed by atoms with E-state index in [9.17, 15) is 4.79 Å². The van der Waals surface area contributed by atoms with Crippen molar-refractivity contribution in [3.05, 3.63) is 0 Å². The minimum absolute atomic E-state index is 0.103. The molecule has 0 saturated heterocycles. The summed E-state index contributed by atoms with van der Waals surface area (Å²) in [6.45, 7) is 5.22. The number of carbonyl (C=O) groups is 1. The van der Waals surface area contributed by atoms with Crippen molar-refractivity contribution in [2.24, 2.45) is 17.4 Å². The van der Waals surface area contributed by atoms with Crippen molar-refractivity contribution in [2.45, 2.75) is 19.9 Å². The largest absolute Gasteiger partial charge is 0.369 e. The third-order valence-electron chi connectivity index (χ3n) is 1.67. The van der Waals surface area contributed by atoms with Crippen LogP contribution in [0.3, 0.4) is 0 Å². The first-order valence-electron chi connectivity index (χ1n) is 4.17. The lowest BCUT2D eigenvalue weighted by molar-refractivity contribution is -0.121. The summed E-state index contributed by atoms with van der Waals surface area (Å²) < 4.78 is 0. The minimum Gasteiger partial charge on any atom is -0.369 e. The Morgan fingerprint density at radius 3 is 2.25 bits per heavy atom. The second kappa shape index (κ2) is 5.11. The fraction of sp³-hybridized carbons (Fsp3) is 0.875. The normalized spacial score (nSPS) is 16.1. The highest BCUT2D eigenvalue weighted by Crippen LogP contribution is 1.96. The van der Waals surface area contributed by atoms with Crippen LogP contribution in [0.5, 0.6) is 0 Å². The second-order valence-corrected chi connectivity index (χ2v) is 3.50. The van der Waals surface area contributed by atoms with Crippen LogP contribution in [0.4, 0.5) is 0 Å². The van der Waals surface area contributed by atoms with Crippen LogP contribution in [-0.2, 0) is 4.79 Å². The molecule has 0 aromatic heterocycles. The van der Waals surface area contributed by atoms with E-state index in [1.165, 1.54) is 0 Å². The van der Waals surface area contributed by atoms with Gasteiger partial charge in [0.15, 0.2) is 0 Å². The van der Waals surface area contributed by atoms with Crippen LogP contribution in [0.25, 0.3) is 0 Å². The number of rotatable bonds is 5. The lowest BCUT2D eigenvalue weighted by atomic mass is 10.1. The van der Waals surface area contributed by atoms with Crippen LogP contribution in [0.2, 0.25) is 0 Å². The van der Waals surface area contributed by atoms with E-state index in [0.29, 0.717) is 6.54 Å². The Morgan fingerprint density at radius 2 is 1.92 bits per heavy atom. The van der Waals surface area contributed by atoms with Gasteiger partial charge in [-0.25, -0.2) is 0 Å². The maximum atomic E-state index is 10.7. The predicted octanol–water partition coefficient (Wildman–Crippen LogP) is -0.613. The van der Waals surface area contributed by atoms with E-state index in [4.69, 9.17) is 11.5 Å². The van der Waals surface area contributed by atoms with Gasteiger partial charge < -0.3 is 16.4 Å². The molecule has 4 nitrogen and oxygen atoms in total. The third kappa shape index (κ3) is 5.09. The molecule has 0 heterocycles. The average molecular weight is 173 g/mol. The molecular formula is C8H19N3O. The molecule has 0 aromatic rings. The van der Waals surface area contributed by atoms with E-state index in [1.807, 2.05) is 25.8 Å². The molecule has 0 radical (unpaired) electrons. The Morgan fingerprint density at radius 1 is 1.42 bits per heavy atom. The molecule has 4 heteroatoms. The third-order valence-corrected chi connectivity index (χ3v) is 1.67. The van der Waals surface area contributed by atoms with E-state index in [2.05, 4.69) is 0 Å². The molecule has 12 heavy (non-hydrogen) atoms. The molecular weight excluding hydrogens is 154 g/mol. The van der Waals surface area contributed by atoms with Crippen LogP contribution >= 0.6 is 0 Å². The lowest BCUT2D eigenvalue weighted by Crippen LogP contribution is -2.38. The smallest absolute Gasteiger partial charge is 0.221 e. The van der Waals surface area contributed by atoms with Gasteiger partial charge >= 0.3 is 0 Å². The molecule has 0 bridgehead atoms. The molecule has 1 amide bonds. The predicted molar refractivity (Wildman–Crippen MR) is 49.5 cm³/mol. The number of primary amides is 1. The second-order valence-electron chi connectivity index (χ2n) is 3.50. The van der Waals surface area contributed by atoms with Crippen LogP contribution in [-0.4, -0.2) is 37.0 Å². The summed E-state index contributed by atoms with van der Waals surface area (Å²) in [6, 6.07) is 0.134. The molecule has 0 aliphatic rings. The molecule has 0 saturated carbocycles. The van der Waals surface area contributed by atoms with Gasteiger partial charge in [-0.3, -0.25) is 4.79 Å². The van der Waals surface area contributed by atoms with Gasteiger partial charge in [-0.15, -0.1) is 0 Å². The Kier molecular flexibility index (Phi) is 4.85. The van der Waals surface area contributed by atoms with Crippen molar-refractivity contribution in [3.63, 3.8) is 0 Å². The van der Waals surface area contributed by atoms with Gasteiger partial charge in [0.05, 0.1) is 0 Å². The monoisotopic (exact) mass is 173 g/mol. The molecule has 0 aromatic carbocycles. The molecule has 2 atom stereocenters. The Bertz CT molecular complexity index is 147. The lowest BCUT2D eigenvalue weighted by Gasteiger charge is -2.21. The van der Waals surface area contributed by atoms with Gasteiger partial charge in [0.2, 0.25) is 5.91 Å². The van der Waals surface area contributed by atoms with Crippen molar-refractivity contribution in [2.75, 3.05) is 20.1 Å². The highest BCUT2D eigenvalue weighted by molar-refractivity contribution is 5.76. The number of carbonyl (C=O) groups excluding carboxylic acids is 1. The topological polar surface area (TPSA) is 72.3 Å². The van der Waals surface area contributed by atoms with E-state index in [0.717, 1.165) is 6.54 Å². The standard InChI is InChI=1S/C8H19N3O/c1-6(8(10)12)4-11(3)5-7(2)9/h6-7H,4-5,9H2,1-3H3,(H2,10,12). The van der Waals surface area contributed by atoms with Gasteiger partial charge in [0.25, 0.3) is 0 Å². The SMILES string of the molecule is CC(N)CN(C)CC(C)C(N)=O. The molecule has 4 N–H and O–H groups in total. The summed E-state index contributed by atoms with van der Waals surface area (Å²) in [7, 11) is 1.93. The van der Waals surface area contributed by atoms with Gasteiger partial charge in [-0.05, 0) is 14.0 Å². The first-order chi connectivity index (χ1) is 5.43. The van der Waals surface area contributed by atoms with E-state index < -0.39 is 0 Å². The summed E-state index contributed by atoms with van der Waals surface area (Å²) in [6.07, 6.45) is 0. The van der Waals surface area contributed by atoms with Crippen molar-refractivity contribution in [1.29, 1.82) is 0 Å². The summed E-state index contributed by atoms with van der Waals surface area (Å²) in [5.41, 5.74) is 10.7. The molecule has 0 rings (SSSR count). The van der Waals surface area contributed by atoms with Gasteiger partial charge in [-0.1, -0.05) is 6.92 Å². The summed E-state index contributed by atoms with van der Waals surface area (Å²) in [5, 5.41) is 0. The van der Waals surface area contributed by atoms with E-state index in [-0.39, 0.29) is 17.9 Å². The number of amides is 1. The molecule has 0 aliphatic carbocycles. The van der Waals surface area contributed by atoms with Crippen LogP contribution < -0.4 is 11.5 Å². The first kappa shape index (κ1) is 11.4. The Labute approximate surface area is 73.9 Å². The maximum Gasteiger partial charge on any atom is 0.221 e. The van der Waals surface area contributed by atoms with Crippen molar-refractivity contribution in [3.8, 4) is 0 Å². The van der Waals surface area contributed by atoms with Gasteiger partial charge in [0, 0.05) is 25.0 Å². The van der Waals surface area contributed by atoms with Crippen molar-refractivity contribution < 1.29 is 4.79 Å². The highest BCUT2D eigenvalue weighted by atomic mass is 16.1. The van der Waals surface area contributed by atoms with Crippen LogP contribution in [0.15, 0.2) is 0 Å². The Balaban J connectivity index is 3.68. The Hall–Kier alpha value is -0.610. The first-order valence-corrected chi connectivity index (χ1v) is 4.17. The van der Waals surface area contributed by atoms with E-state index >= 15 is 0 Å². The summed E-state index contributed by atoms with van der Waals surface area (Å²) in [5.74, 6) is -0.361.